The van der Waals surface area contributed by atoms with Crippen LogP contribution in [-0.2, 0) is 0 Å². The van der Waals surface area contributed by atoms with Crippen LogP contribution in [0.1, 0.15) is 119 Å². The topological polar surface area (TPSA) is 0 Å². The Hall–Kier alpha value is -0.520. The van der Waals surface area contributed by atoms with E-state index in [0.29, 0.717) is 10.8 Å². The molecule has 0 aromatic rings. The minimum absolute atomic E-state index is 0.472. The summed E-state index contributed by atoms with van der Waals surface area (Å²) in [7, 11) is 0. The van der Waals surface area contributed by atoms with Crippen molar-refractivity contribution in [2.45, 2.75) is 119 Å². The Labute approximate surface area is 194 Å². The van der Waals surface area contributed by atoms with Gasteiger partial charge in [0.1, 0.15) is 0 Å². The summed E-state index contributed by atoms with van der Waals surface area (Å²) in [6.07, 6.45) is 21.2. The van der Waals surface area contributed by atoms with Gasteiger partial charge in [-0.05, 0) is 104 Å². The van der Waals surface area contributed by atoms with Crippen molar-refractivity contribution in [1.82, 2.24) is 0 Å². The summed E-state index contributed by atoms with van der Waals surface area (Å²) in [4.78, 5) is 0. The normalized spacial score (nSPS) is 40.8. The van der Waals surface area contributed by atoms with Gasteiger partial charge in [0.05, 0.1) is 0 Å². The average Bonchev–Trinajstić information content (AvgIpc) is 3.05. The van der Waals surface area contributed by atoms with Crippen LogP contribution in [0.2, 0.25) is 0 Å². The van der Waals surface area contributed by atoms with Crippen LogP contribution < -0.4 is 0 Å². The lowest BCUT2D eigenvalue weighted by Gasteiger charge is -2.55. The van der Waals surface area contributed by atoms with Crippen molar-refractivity contribution >= 4 is 0 Å². The van der Waals surface area contributed by atoms with E-state index in [-0.39, 0.29) is 0 Å². The fourth-order valence-corrected chi connectivity index (χ4v) is 8.97. The van der Waals surface area contributed by atoms with Crippen molar-refractivity contribution in [2.75, 3.05) is 0 Å². The van der Waals surface area contributed by atoms with Crippen LogP contribution in [0, 0.1) is 52.3 Å². The molecule has 0 heterocycles. The Morgan fingerprint density at radius 3 is 2.32 bits per heavy atom. The summed E-state index contributed by atoms with van der Waals surface area (Å²) in [5.74, 6) is 6.21. The van der Waals surface area contributed by atoms with Gasteiger partial charge in [-0.15, -0.1) is 0 Å². The lowest BCUT2D eigenvalue weighted by atomic mass is 9.49. The Balaban J connectivity index is 1.50. The molecule has 0 nitrogen and oxygen atoms in total. The van der Waals surface area contributed by atoms with E-state index < -0.39 is 0 Å². The molecule has 3 unspecified atom stereocenters. The predicted molar refractivity (Wildman–Crippen MR) is 136 cm³/mol. The van der Waals surface area contributed by atoms with Gasteiger partial charge in [-0.25, -0.2) is 0 Å². The van der Waals surface area contributed by atoms with E-state index in [9.17, 15) is 0 Å². The van der Waals surface area contributed by atoms with Gasteiger partial charge in [0.15, 0.2) is 0 Å². The van der Waals surface area contributed by atoms with Crippen LogP contribution >= 0.6 is 0 Å². The number of rotatable bonds is 7. The number of allylic oxidation sites excluding steroid dienone is 4. The van der Waals surface area contributed by atoms with Crippen molar-refractivity contribution in [3.05, 3.63) is 23.3 Å². The Bertz CT molecular complexity index is 693. The third-order valence-electron chi connectivity index (χ3n) is 10.7. The van der Waals surface area contributed by atoms with E-state index in [1.807, 2.05) is 11.1 Å². The lowest BCUT2D eigenvalue weighted by Crippen LogP contribution is -2.46. The summed E-state index contributed by atoms with van der Waals surface area (Å²) in [6.45, 7) is 17.5. The molecule has 0 bridgehead atoms. The second kappa shape index (κ2) is 9.02. The minimum Gasteiger partial charge on any atom is -0.0634 e. The van der Waals surface area contributed by atoms with E-state index in [2.05, 4.69) is 60.6 Å². The van der Waals surface area contributed by atoms with Crippen molar-refractivity contribution in [3.8, 4) is 0 Å². The maximum atomic E-state index is 2.70. The first-order valence-electron chi connectivity index (χ1n) is 14.1. The summed E-state index contributed by atoms with van der Waals surface area (Å²) in [5, 5.41) is 0. The number of hydrogen-bond donors (Lipinski definition) is 0. The molecule has 0 amide bonds. The van der Waals surface area contributed by atoms with Gasteiger partial charge in [0.2, 0.25) is 0 Å². The highest BCUT2D eigenvalue weighted by atomic mass is 14.6. The van der Waals surface area contributed by atoms with Gasteiger partial charge in [0.25, 0.3) is 0 Å². The third-order valence-corrected chi connectivity index (χ3v) is 10.7. The Kier molecular flexibility index (Phi) is 6.88. The van der Waals surface area contributed by atoms with Gasteiger partial charge < -0.3 is 0 Å². The van der Waals surface area contributed by atoms with E-state index in [0.717, 1.165) is 41.4 Å². The van der Waals surface area contributed by atoms with Crippen molar-refractivity contribution in [3.63, 3.8) is 0 Å². The highest BCUT2D eigenvalue weighted by Crippen LogP contribution is 2.66. The van der Waals surface area contributed by atoms with Crippen molar-refractivity contribution in [2.24, 2.45) is 52.3 Å². The first-order chi connectivity index (χ1) is 14.6. The Morgan fingerprint density at radius 1 is 0.839 bits per heavy atom. The van der Waals surface area contributed by atoms with Crippen LogP contribution in [0.15, 0.2) is 23.3 Å². The molecule has 0 saturated heterocycles. The molecular weight excluding hydrogens is 372 g/mol. The van der Waals surface area contributed by atoms with Gasteiger partial charge in [-0.1, -0.05) is 91.0 Å². The van der Waals surface area contributed by atoms with Crippen LogP contribution in [0.25, 0.3) is 0 Å². The first kappa shape index (κ1) is 23.6. The molecule has 3 saturated carbocycles. The van der Waals surface area contributed by atoms with Crippen LogP contribution in [0.3, 0.4) is 0 Å². The second-order valence-corrected chi connectivity index (χ2v) is 13.6. The second-order valence-electron chi connectivity index (χ2n) is 13.6. The van der Waals surface area contributed by atoms with Gasteiger partial charge in [-0.3, -0.25) is 0 Å². The zero-order chi connectivity index (χ0) is 22.4. The summed E-state index contributed by atoms with van der Waals surface area (Å²) in [5.41, 5.74) is 4.74. The Morgan fingerprint density at radius 2 is 1.61 bits per heavy atom. The first-order valence-corrected chi connectivity index (χ1v) is 14.1. The fraction of sp³-hybridized carbons (Fsp3) is 0.871. The molecule has 4 aliphatic rings. The molecule has 7 atom stereocenters. The van der Waals surface area contributed by atoms with Crippen LogP contribution in [0.5, 0.6) is 0 Å². The van der Waals surface area contributed by atoms with Crippen LogP contribution in [0.4, 0.5) is 0 Å². The number of hydrogen-bond acceptors (Lipinski definition) is 0. The SMILES string of the molecule is CC(C)CCC[C@@H](C)[C@H]1CCC2C3=CC=C4CC(CC(C)C)CC[C@]4(C)C3CC[C@@]21C. The molecule has 0 aromatic heterocycles. The largest absolute Gasteiger partial charge is 0.0634 e. The average molecular weight is 425 g/mol. The maximum absolute atomic E-state index is 2.70. The molecule has 3 fully saturated rings. The van der Waals surface area contributed by atoms with E-state index in [1.54, 1.807) is 0 Å². The summed E-state index contributed by atoms with van der Waals surface area (Å²) < 4.78 is 0. The number of fused-ring (bicyclic) bond motifs is 5. The monoisotopic (exact) mass is 424 g/mol. The van der Waals surface area contributed by atoms with Crippen molar-refractivity contribution in [1.29, 1.82) is 0 Å². The zero-order valence-corrected chi connectivity index (χ0v) is 22.0. The fourth-order valence-electron chi connectivity index (χ4n) is 8.97. The van der Waals surface area contributed by atoms with Crippen LogP contribution in [-0.4, -0.2) is 0 Å². The van der Waals surface area contributed by atoms with Gasteiger partial charge in [0, 0.05) is 0 Å². The molecule has 176 valence electrons. The van der Waals surface area contributed by atoms with E-state index in [4.69, 9.17) is 0 Å². The molecule has 0 aliphatic heterocycles. The molecule has 0 heteroatoms. The molecule has 0 radical (unpaired) electrons. The molecule has 4 aliphatic carbocycles. The van der Waals surface area contributed by atoms with Gasteiger partial charge >= 0.3 is 0 Å². The zero-order valence-electron chi connectivity index (χ0n) is 22.0. The minimum atomic E-state index is 0.472. The third kappa shape index (κ3) is 4.36. The highest BCUT2D eigenvalue weighted by molar-refractivity contribution is 5.38. The van der Waals surface area contributed by atoms with Gasteiger partial charge in [-0.2, -0.15) is 0 Å². The maximum Gasteiger partial charge on any atom is -0.00474 e. The lowest BCUT2D eigenvalue weighted by molar-refractivity contribution is 0.0432. The molecule has 0 aromatic carbocycles. The molecule has 0 spiro atoms. The summed E-state index contributed by atoms with van der Waals surface area (Å²) in [6, 6.07) is 0. The molecule has 4 rings (SSSR count). The molecule has 31 heavy (non-hydrogen) atoms. The van der Waals surface area contributed by atoms with E-state index >= 15 is 0 Å². The van der Waals surface area contributed by atoms with E-state index in [1.165, 1.54) is 70.6 Å². The smallest absolute Gasteiger partial charge is 0.00474 e. The summed E-state index contributed by atoms with van der Waals surface area (Å²) >= 11 is 0. The predicted octanol–water partition coefficient (Wildman–Crippen LogP) is 9.61. The standard InChI is InChI=1S/C31H52/c1-21(2)9-8-10-23(5)27-13-14-28-26-12-11-25-20-24(19-22(3)4)15-17-30(25,6)29(26)16-18-31(27,28)7/h11-12,21-24,27-29H,8-10,13-20H2,1-7H3/t23-,24?,27-,28?,29?,30+,31-/m1/s1. The highest BCUT2D eigenvalue weighted by Gasteiger charge is 2.56. The molecular formula is C31H52. The quantitative estimate of drug-likeness (QED) is 0.381. The molecule has 0 N–H and O–H groups in total. The van der Waals surface area contributed by atoms with Crippen molar-refractivity contribution < 1.29 is 0 Å².